The number of ether oxygens (including phenoxy) is 1. The molecule has 0 spiro atoms. The van der Waals surface area contributed by atoms with E-state index in [-0.39, 0.29) is 11.8 Å². The van der Waals surface area contributed by atoms with Gasteiger partial charge in [-0.3, -0.25) is 9.59 Å². The summed E-state index contributed by atoms with van der Waals surface area (Å²) in [5.74, 6) is 1.62. The average molecular weight is 398 g/mol. The first-order valence-corrected chi connectivity index (χ1v) is 10.4. The van der Waals surface area contributed by atoms with E-state index in [4.69, 9.17) is 4.74 Å². The molecule has 28 heavy (non-hydrogen) atoms. The Bertz CT molecular complexity index is 877. The molecule has 1 fully saturated rings. The number of carbonyl (C=O) groups is 2. The zero-order valence-corrected chi connectivity index (χ0v) is 16.6. The number of piperazine rings is 1. The van der Waals surface area contributed by atoms with Gasteiger partial charge in [-0.1, -0.05) is 0 Å². The number of fused-ring (bicyclic) bond motifs is 1. The van der Waals surface area contributed by atoms with Crippen molar-refractivity contribution in [1.82, 2.24) is 4.90 Å². The molecule has 0 atom stereocenters. The van der Waals surface area contributed by atoms with Gasteiger partial charge in [0.05, 0.1) is 12.8 Å². The van der Waals surface area contributed by atoms with Crippen molar-refractivity contribution in [3.05, 3.63) is 48.0 Å². The maximum absolute atomic E-state index is 13.0. The van der Waals surface area contributed by atoms with E-state index < -0.39 is 0 Å². The molecule has 0 aromatic heterocycles. The molecule has 146 valence electrons. The number of benzene rings is 2. The normalized spacial score (nSPS) is 16.8. The minimum atomic E-state index is 0.00366. The number of hydrogen-bond donors (Lipinski definition) is 1. The molecule has 2 heterocycles. The predicted octanol–water partition coefficient (Wildman–Crippen LogP) is 3.09. The largest absolute Gasteiger partial charge is 0.497 e. The number of thioether (sulfide) groups is 1. The van der Waals surface area contributed by atoms with Gasteiger partial charge in [0.15, 0.2) is 0 Å². The Labute approximate surface area is 168 Å². The molecule has 7 heteroatoms. The van der Waals surface area contributed by atoms with Gasteiger partial charge in [0.2, 0.25) is 5.91 Å². The Morgan fingerprint density at radius 1 is 1.07 bits per heavy atom. The van der Waals surface area contributed by atoms with Crippen LogP contribution >= 0.6 is 11.8 Å². The van der Waals surface area contributed by atoms with Crippen LogP contribution in [0, 0.1) is 0 Å². The number of rotatable bonds is 3. The van der Waals surface area contributed by atoms with Crippen LogP contribution in [0.4, 0.5) is 11.4 Å². The van der Waals surface area contributed by atoms with Crippen molar-refractivity contribution < 1.29 is 14.3 Å². The van der Waals surface area contributed by atoms with Crippen LogP contribution in [0.1, 0.15) is 16.8 Å². The van der Waals surface area contributed by atoms with E-state index in [0.29, 0.717) is 25.1 Å². The number of nitrogens with zero attached hydrogens (tertiary/aromatic N) is 2. The number of hydrogen-bond acceptors (Lipinski definition) is 5. The van der Waals surface area contributed by atoms with Gasteiger partial charge in [-0.25, -0.2) is 0 Å². The average Bonchev–Trinajstić information content (AvgIpc) is 2.93. The molecule has 0 aliphatic carbocycles. The van der Waals surface area contributed by atoms with Crippen LogP contribution in [-0.4, -0.2) is 55.8 Å². The third-order valence-corrected chi connectivity index (χ3v) is 6.17. The highest BCUT2D eigenvalue weighted by molar-refractivity contribution is 7.99. The van der Waals surface area contributed by atoms with Crippen LogP contribution in [0.2, 0.25) is 0 Å². The van der Waals surface area contributed by atoms with E-state index in [1.165, 1.54) is 0 Å². The number of anilines is 2. The number of carbonyl (C=O) groups excluding carboxylic acids is 2. The van der Waals surface area contributed by atoms with E-state index in [0.717, 1.165) is 40.9 Å². The van der Waals surface area contributed by atoms with Crippen molar-refractivity contribution in [1.29, 1.82) is 0 Å². The Morgan fingerprint density at radius 2 is 1.82 bits per heavy atom. The summed E-state index contributed by atoms with van der Waals surface area (Å²) >= 11 is 1.65. The third kappa shape index (κ3) is 3.94. The lowest BCUT2D eigenvalue weighted by Crippen LogP contribution is -2.48. The van der Waals surface area contributed by atoms with Crippen LogP contribution in [-0.2, 0) is 4.79 Å². The molecule has 1 N–H and O–H groups in total. The van der Waals surface area contributed by atoms with Crippen molar-refractivity contribution in [3.8, 4) is 5.75 Å². The molecule has 0 unspecified atom stereocenters. The lowest BCUT2D eigenvalue weighted by Gasteiger charge is -2.36. The van der Waals surface area contributed by atoms with Gasteiger partial charge in [0.1, 0.15) is 5.75 Å². The zero-order chi connectivity index (χ0) is 19.5. The van der Waals surface area contributed by atoms with Gasteiger partial charge >= 0.3 is 0 Å². The first-order valence-electron chi connectivity index (χ1n) is 9.39. The van der Waals surface area contributed by atoms with Crippen LogP contribution in [0.15, 0.2) is 47.4 Å². The van der Waals surface area contributed by atoms with Crippen LogP contribution in [0.3, 0.4) is 0 Å². The highest BCUT2D eigenvalue weighted by Gasteiger charge is 2.23. The molecule has 4 rings (SSSR count). The fourth-order valence-electron chi connectivity index (χ4n) is 3.50. The van der Waals surface area contributed by atoms with E-state index in [1.807, 2.05) is 47.4 Å². The highest BCUT2D eigenvalue weighted by atomic mass is 32.2. The van der Waals surface area contributed by atoms with E-state index >= 15 is 0 Å². The second-order valence-corrected chi connectivity index (χ2v) is 7.97. The summed E-state index contributed by atoms with van der Waals surface area (Å²) in [6, 6.07) is 13.6. The third-order valence-electron chi connectivity index (χ3n) is 5.09. The van der Waals surface area contributed by atoms with Crippen molar-refractivity contribution in [2.24, 2.45) is 0 Å². The Balaban J connectivity index is 1.42. The molecule has 2 amide bonds. The SMILES string of the molecule is COc1ccc(N2CCN(C(=O)c3ccc4c(c3)NC(=O)CCS4)CC2)cc1. The Hall–Kier alpha value is -2.67. The quantitative estimate of drug-likeness (QED) is 0.862. The van der Waals surface area contributed by atoms with E-state index in [1.54, 1.807) is 18.9 Å². The van der Waals surface area contributed by atoms with Gasteiger partial charge in [-0.05, 0) is 42.5 Å². The van der Waals surface area contributed by atoms with Gasteiger partial charge in [-0.15, -0.1) is 11.8 Å². The smallest absolute Gasteiger partial charge is 0.254 e. The summed E-state index contributed by atoms with van der Waals surface area (Å²) in [5, 5.41) is 2.91. The Morgan fingerprint density at radius 3 is 2.54 bits per heavy atom. The van der Waals surface area contributed by atoms with E-state index in [9.17, 15) is 9.59 Å². The molecule has 6 nitrogen and oxygen atoms in total. The summed E-state index contributed by atoms with van der Waals surface area (Å²) in [4.78, 5) is 29.9. The summed E-state index contributed by atoms with van der Waals surface area (Å²) < 4.78 is 5.21. The highest BCUT2D eigenvalue weighted by Crippen LogP contribution is 2.32. The summed E-state index contributed by atoms with van der Waals surface area (Å²) in [6.07, 6.45) is 0.496. The molecule has 2 aromatic rings. The zero-order valence-electron chi connectivity index (χ0n) is 15.8. The topological polar surface area (TPSA) is 61.9 Å². The molecular formula is C21H23N3O3S. The summed E-state index contributed by atoms with van der Waals surface area (Å²) in [5.41, 5.74) is 2.51. The molecule has 2 aliphatic heterocycles. The van der Waals surface area contributed by atoms with Crippen LogP contribution < -0.4 is 15.0 Å². The van der Waals surface area contributed by atoms with Crippen molar-refractivity contribution >= 4 is 35.0 Å². The van der Waals surface area contributed by atoms with Crippen molar-refractivity contribution in [2.75, 3.05) is 49.3 Å². The molecule has 2 aromatic carbocycles. The second kappa shape index (κ2) is 8.14. The first-order chi connectivity index (χ1) is 13.6. The van der Waals surface area contributed by atoms with Gasteiger partial charge < -0.3 is 19.9 Å². The molecule has 0 saturated carbocycles. The monoisotopic (exact) mass is 397 g/mol. The standard InChI is InChI=1S/C21H23N3O3S/c1-27-17-5-3-16(4-6-17)23-9-11-24(12-10-23)21(26)15-2-7-19-18(14-15)22-20(25)8-13-28-19/h2-7,14H,8-13H2,1H3,(H,22,25). The number of nitrogens with one attached hydrogen (secondary N) is 1. The first kappa shape index (κ1) is 18.7. The fourth-order valence-corrected chi connectivity index (χ4v) is 4.43. The van der Waals surface area contributed by atoms with Gasteiger partial charge in [0, 0.05) is 54.5 Å². The van der Waals surface area contributed by atoms with Crippen LogP contribution in [0.5, 0.6) is 5.75 Å². The molecule has 0 radical (unpaired) electrons. The number of amides is 2. The predicted molar refractivity (Wildman–Crippen MR) is 112 cm³/mol. The Kier molecular flexibility index (Phi) is 5.43. The lowest BCUT2D eigenvalue weighted by atomic mass is 10.1. The minimum Gasteiger partial charge on any atom is -0.497 e. The second-order valence-electron chi connectivity index (χ2n) is 6.83. The molecular weight excluding hydrogens is 374 g/mol. The van der Waals surface area contributed by atoms with Crippen molar-refractivity contribution in [2.45, 2.75) is 11.3 Å². The molecule has 2 aliphatic rings. The fraction of sp³-hybridized carbons (Fsp3) is 0.333. The maximum Gasteiger partial charge on any atom is 0.254 e. The summed E-state index contributed by atoms with van der Waals surface area (Å²) in [7, 11) is 1.66. The molecule has 1 saturated heterocycles. The van der Waals surface area contributed by atoms with Crippen molar-refractivity contribution in [3.63, 3.8) is 0 Å². The van der Waals surface area contributed by atoms with Gasteiger partial charge in [0.25, 0.3) is 5.91 Å². The van der Waals surface area contributed by atoms with E-state index in [2.05, 4.69) is 10.2 Å². The minimum absolute atomic E-state index is 0.00366. The van der Waals surface area contributed by atoms with Crippen LogP contribution in [0.25, 0.3) is 0 Å². The van der Waals surface area contributed by atoms with Gasteiger partial charge in [-0.2, -0.15) is 0 Å². The maximum atomic E-state index is 13.0. The lowest BCUT2D eigenvalue weighted by molar-refractivity contribution is -0.115. The summed E-state index contributed by atoms with van der Waals surface area (Å²) in [6.45, 7) is 2.91. The number of methoxy groups -OCH3 is 1. The molecule has 0 bridgehead atoms.